The van der Waals surface area contributed by atoms with E-state index in [9.17, 15) is 0 Å². The van der Waals surface area contributed by atoms with Gasteiger partial charge in [0.1, 0.15) is 0 Å². The Balaban J connectivity index is 0. The van der Waals surface area contributed by atoms with Gasteiger partial charge in [0.25, 0.3) is 0 Å². The minimum Gasteiger partial charge on any atom is -1.00 e. The van der Waals surface area contributed by atoms with Crippen molar-refractivity contribution in [2.75, 3.05) is 0 Å². The minimum atomic E-state index is 0. The largest absolute Gasteiger partial charge is 2.00 e. The smallest absolute Gasteiger partial charge is 1.00 e. The van der Waals surface area contributed by atoms with Gasteiger partial charge in [-0.05, 0) is 0 Å². The van der Waals surface area contributed by atoms with Gasteiger partial charge in [0, 0.05) is 36.5 Å². The van der Waals surface area contributed by atoms with Crippen molar-refractivity contribution in [1.82, 2.24) is 0 Å². The van der Waals surface area contributed by atoms with Crippen molar-refractivity contribution < 1.29 is 39.4 Å². The quantitative estimate of drug-likeness (QED) is 0.376. The van der Waals surface area contributed by atoms with Crippen LogP contribution >= 0.6 is 9.90 Å². The summed E-state index contributed by atoms with van der Waals surface area (Å²) in [6.07, 6.45) is 0. The summed E-state index contributed by atoms with van der Waals surface area (Å²) in [5.41, 5.74) is 0. The van der Waals surface area contributed by atoms with Gasteiger partial charge >= 0.3 is 37.7 Å². The molecule has 22 valence electrons. The normalized spacial score (nSPS) is 0. The standard InChI is InChI=1S/Ca.Fe.H3P.Zn.2H/h;;1H3;;;/q+2;;;;2*-1. The van der Waals surface area contributed by atoms with E-state index in [2.05, 4.69) is 0 Å². The van der Waals surface area contributed by atoms with E-state index < -0.39 is 0 Å². The van der Waals surface area contributed by atoms with Crippen molar-refractivity contribution in [3.63, 3.8) is 0 Å². The second-order valence-corrected chi connectivity index (χ2v) is 0. The van der Waals surface area contributed by atoms with E-state index in [4.69, 9.17) is 0 Å². The molecule has 0 spiro atoms. The first kappa shape index (κ1) is 29.0. The predicted octanol–water partition coefficient (Wildman–Crippen LogP) is -0.103. The van der Waals surface area contributed by atoms with Crippen LogP contribution in [0.15, 0.2) is 0 Å². The van der Waals surface area contributed by atoms with Gasteiger partial charge in [-0.2, -0.15) is 9.90 Å². The molecule has 0 amide bonds. The van der Waals surface area contributed by atoms with Crippen LogP contribution in [0, 0.1) is 0 Å². The van der Waals surface area contributed by atoms with E-state index in [1.165, 1.54) is 0 Å². The Bertz CT molecular complexity index is 13.5. The second-order valence-electron chi connectivity index (χ2n) is 0. The molecular weight excluding hydrogens is 192 g/mol. The Kier molecular flexibility index (Phi) is 123. The number of hydrogen-bond donors (Lipinski definition) is 0. The average Bonchev–Trinajstić information content (AvgIpc) is 0. The number of hydrogen-bond acceptors (Lipinski definition) is 0. The molecular formula is H5CaFePZn. The Morgan fingerprint density at radius 1 is 1.25 bits per heavy atom. The van der Waals surface area contributed by atoms with Gasteiger partial charge in [0.05, 0.1) is 0 Å². The van der Waals surface area contributed by atoms with Gasteiger partial charge in [-0.3, -0.25) is 0 Å². The van der Waals surface area contributed by atoms with E-state index in [-0.39, 0.29) is 87.0 Å². The summed E-state index contributed by atoms with van der Waals surface area (Å²) >= 11 is 0. The summed E-state index contributed by atoms with van der Waals surface area (Å²) in [5.74, 6) is 0. The summed E-state index contributed by atoms with van der Waals surface area (Å²) in [4.78, 5) is 0. The molecule has 0 rings (SSSR count). The second kappa shape index (κ2) is 17.0. The van der Waals surface area contributed by atoms with Gasteiger partial charge in [-0.1, -0.05) is 0 Å². The van der Waals surface area contributed by atoms with Crippen LogP contribution in [0.5, 0.6) is 0 Å². The Morgan fingerprint density at radius 2 is 1.25 bits per heavy atom. The van der Waals surface area contributed by atoms with E-state index in [1.54, 1.807) is 0 Å². The van der Waals surface area contributed by atoms with Crippen molar-refractivity contribution in [2.45, 2.75) is 0 Å². The minimum absolute atomic E-state index is 0. The topological polar surface area (TPSA) is 0 Å². The molecule has 0 fully saturated rings. The van der Waals surface area contributed by atoms with Gasteiger partial charge in [-0.25, -0.2) is 0 Å². The van der Waals surface area contributed by atoms with Crippen molar-refractivity contribution in [1.29, 1.82) is 0 Å². The van der Waals surface area contributed by atoms with Crippen LogP contribution < -0.4 is 0 Å². The third kappa shape index (κ3) is 8.85. The first-order valence-electron chi connectivity index (χ1n) is 0. The maximum absolute atomic E-state index is 0. The van der Waals surface area contributed by atoms with Gasteiger partial charge < -0.3 is 2.85 Å². The van der Waals surface area contributed by atoms with Crippen LogP contribution in [-0.4, -0.2) is 37.7 Å². The van der Waals surface area contributed by atoms with Crippen molar-refractivity contribution in [3.05, 3.63) is 0 Å². The molecule has 0 aromatic heterocycles. The van der Waals surface area contributed by atoms with E-state index >= 15 is 0 Å². The molecule has 4 heavy (non-hydrogen) atoms. The first-order valence-corrected chi connectivity index (χ1v) is 0. The van der Waals surface area contributed by atoms with Crippen LogP contribution in [-0.2, 0) is 36.5 Å². The molecule has 1 atom stereocenters. The van der Waals surface area contributed by atoms with Crippen LogP contribution in [0.1, 0.15) is 2.85 Å². The fourth-order valence-corrected chi connectivity index (χ4v) is 0. The monoisotopic (exact) mass is 196 g/mol. The van der Waals surface area contributed by atoms with Crippen molar-refractivity contribution >= 4 is 47.6 Å². The van der Waals surface area contributed by atoms with Crippen LogP contribution in [0.2, 0.25) is 0 Å². The summed E-state index contributed by atoms with van der Waals surface area (Å²) in [6, 6.07) is 0. The molecule has 0 saturated heterocycles. The van der Waals surface area contributed by atoms with E-state index in [0.717, 1.165) is 0 Å². The molecule has 4 heteroatoms. The van der Waals surface area contributed by atoms with Crippen molar-refractivity contribution in [3.8, 4) is 0 Å². The summed E-state index contributed by atoms with van der Waals surface area (Å²) in [6.45, 7) is 0. The molecule has 1 unspecified atom stereocenters. The predicted molar refractivity (Wildman–Crippen MR) is 19.1 cm³/mol. The zero-order chi connectivity index (χ0) is 0. The maximum Gasteiger partial charge on any atom is 2.00 e. The molecule has 0 aliphatic carbocycles. The van der Waals surface area contributed by atoms with Crippen LogP contribution in [0.4, 0.5) is 0 Å². The molecule has 0 bridgehead atoms. The molecule has 0 heterocycles. The molecule has 0 aromatic rings. The van der Waals surface area contributed by atoms with Gasteiger partial charge in [-0.15, -0.1) is 0 Å². The van der Waals surface area contributed by atoms with Crippen LogP contribution in [0.3, 0.4) is 0 Å². The zero-order valence-corrected chi connectivity index (χ0v) is 10.2. The van der Waals surface area contributed by atoms with E-state index in [1.807, 2.05) is 0 Å². The molecule has 0 aromatic carbocycles. The Labute approximate surface area is 85.7 Å². The first-order chi connectivity index (χ1) is 0. The fraction of sp³-hybridized carbons (Fsp3) is 0. The van der Waals surface area contributed by atoms with Gasteiger partial charge in [0.15, 0.2) is 0 Å². The fourth-order valence-electron chi connectivity index (χ4n) is 0. The maximum atomic E-state index is 0. The zero-order valence-electron chi connectivity index (χ0n) is 4.47. The third-order valence-electron chi connectivity index (χ3n) is 0. The summed E-state index contributed by atoms with van der Waals surface area (Å²) in [7, 11) is 0. The molecule has 0 aliphatic heterocycles. The average molecular weight is 197 g/mol. The molecule has 0 aliphatic rings. The Hall–Kier alpha value is 2.83. The number of rotatable bonds is 0. The van der Waals surface area contributed by atoms with E-state index in [0.29, 0.717) is 0 Å². The molecule has 0 nitrogen and oxygen atoms in total. The van der Waals surface area contributed by atoms with Gasteiger partial charge in [0.2, 0.25) is 0 Å². The van der Waals surface area contributed by atoms with Crippen LogP contribution in [0.25, 0.3) is 0 Å². The third-order valence-corrected chi connectivity index (χ3v) is 0. The Morgan fingerprint density at radius 3 is 1.25 bits per heavy atom. The summed E-state index contributed by atoms with van der Waals surface area (Å²) < 4.78 is 0. The SMILES string of the molecule is P.[Ca+2].[Fe].[H-].[H-].[Zn]. The molecule has 0 radical (unpaired) electrons. The summed E-state index contributed by atoms with van der Waals surface area (Å²) in [5, 5.41) is 0. The molecule has 0 saturated carbocycles. The molecule has 0 N–H and O–H groups in total. The van der Waals surface area contributed by atoms with Crippen molar-refractivity contribution in [2.24, 2.45) is 0 Å².